The number of carbonyl (C=O) groups is 2. The van der Waals surface area contributed by atoms with Crippen molar-refractivity contribution in [3.05, 3.63) is 0 Å². The number of hydrogen-bond donors (Lipinski definition) is 1. The van der Waals surface area contributed by atoms with Gasteiger partial charge in [0.05, 0.1) is 12.6 Å². The summed E-state index contributed by atoms with van der Waals surface area (Å²) in [5.41, 5.74) is 5.16. The number of nitrogens with two attached hydrogens (primary N) is 1. The summed E-state index contributed by atoms with van der Waals surface area (Å²) in [6, 6.07) is -0.0809. The number of rotatable bonds is 6. The molecule has 17 heavy (non-hydrogen) atoms. The average molecular weight is 244 g/mol. The van der Waals surface area contributed by atoms with Gasteiger partial charge in [0.25, 0.3) is 0 Å². The van der Waals surface area contributed by atoms with Crippen molar-refractivity contribution >= 4 is 11.9 Å². The molecule has 0 saturated carbocycles. The normalized spacial score (nSPS) is 11.5. The fourth-order valence-electron chi connectivity index (χ4n) is 1.53. The van der Waals surface area contributed by atoms with Crippen LogP contribution in [0.3, 0.4) is 0 Å². The first-order valence-electron chi connectivity index (χ1n) is 5.99. The quantitative estimate of drug-likeness (QED) is 0.705. The monoisotopic (exact) mass is 244 g/mol. The van der Waals surface area contributed by atoms with Crippen molar-refractivity contribution in [1.29, 1.82) is 0 Å². The number of hydrogen-bond acceptors (Lipinski definition) is 4. The van der Waals surface area contributed by atoms with Gasteiger partial charge in [0, 0.05) is 6.04 Å². The molecule has 0 bridgehead atoms. The van der Waals surface area contributed by atoms with Crippen molar-refractivity contribution in [2.75, 3.05) is 13.7 Å². The molecule has 0 fully saturated rings. The van der Waals surface area contributed by atoms with Gasteiger partial charge < -0.3 is 15.4 Å². The Balaban J connectivity index is 4.94. The van der Waals surface area contributed by atoms with Gasteiger partial charge in [-0.15, -0.1) is 0 Å². The molecule has 2 N–H and O–H groups in total. The number of ether oxygens (including phenoxy) is 1. The summed E-state index contributed by atoms with van der Waals surface area (Å²) >= 11 is 0. The van der Waals surface area contributed by atoms with Crippen molar-refractivity contribution in [2.24, 2.45) is 5.73 Å². The third kappa shape index (κ3) is 4.00. The minimum absolute atomic E-state index is 0.0497. The molecular weight excluding hydrogens is 220 g/mol. The fraction of sp³-hybridized carbons (Fsp3) is 0.833. The van der Waals surface area contributed by atoms with Gasteiger partial charge in [-0.25, -0.2) is 0 Å². The van der Waals surface area contributed by atoms with E-state index in [0.29, 0.717) is 12.8 Å². The lowest BCUT2D eigenvalue weighted by Gasteiger charge is -2.34. The fourth-order valence-corrected chi connectivity index (χ4v) is 1.53. The molecule has 0 atom stereocenters. The highest BCUT2D eigenvalue weighted by molar-refractivity contribution is 5.89. The van der Waals surface area contributed by atoms with Crippen LogP contribution in [-0.4, -0.2) is 42.0 Å². The Morgan fingerprint density at radius 3 is 2.06 bits per heavy atom. The molecule has 0 aromatic carbocycles. The SMILES string of the molecule is CCC(N)(CC)C(=O)N(CC(=O)OC)C(C)C. The van der Waals surface area contributed by atoms with Crippen LogP contribution in [0.1, 0.15) is 40.5 Å². The lowest BCUT2D eigenvalue weighted by Crippen LogP contribution is -2.57. The molecule has 0 aliphatic heterocycles. The van der Waals surface area contributed by atoms with Gasteiger partial charge >= 0.3 is 5.97 Å². The van der Waals surface area contributed by atoms with E-state index in [2.05, 4.69) is 4.74 Å². The third-order valence-corrected chi connectivity index (χ3v) is 3.10. The molecule has 0 aliphatic rings. The largest absolute Gasteiger partial charge is 0.468 e. The summed E-state index contributed by atoms with van der Waals surface area (Å²) in [5, 5.41) is 0. The first-order chi connectivity index (χ1) is 7.82. The van der Waals surface area contributed by atoms with Gasteiger partial charge in [0.15, 0.2) is 0 Å². The van der Waals surface area contributed by atoms with Crippen LogP contribution in [0, 0.1) is 0 Å². The zero-order valence-corrected chi connectivity index (χ0v) is 11.4. The number of amides is 1. The minimum atomic E-state index is -0.891. The molecule has 5 nitrogen and oxygen atoms in total. The summed E-state index contributed by atoms with van der Waals surface area (Å²) < 4.78 is 4.59. The summed E-state index contributed by atoms with van der Waals surface area (Å²) in [7, 11) is 1.31. The maximum Gasteiger partial charge on any atom is 0.325 e. The second kappa shape index (κ2) is 6.59. The molecule has 5 heteroatoms. The molecule has 0 heterocycles. The number of nitrogens with zero attached hydrogens (tertiary/aromatic N) is 1. The van der Waals surface area contributed by atoms with E-state index in [1.807, 2.05) is 27.7 Å². The first-order valence-corrected chi connectivity index (χ1v) is 5.99. The predicted molar refractivity (Wildman–Crippen MR) is 66.4 cm³/mol. The van der Waals surface area contributed by atoms with E-state index in [1.54, 1.807) is 0 Å². The van der Waals surface area contributed by atoms with E-state index in [1.165, 1.54) is 12.0 Å². The van der Waals surface area contributed by atoms with Crippen molar-refractivity contribution in [1.82, 2.24) is 4.90 Å². The predicted octanol–water partition coefficient (Wildman–Crippen LogP) is 0.914. The van der Waals surface area contributed by atoms with Crippen LogP contribution in [-0.2, 0) is 14.3 Å². The topological polar surface area (TPSA) is 72.6 Å². The van der Waals surface area contributed by atoms with Crippen molar-refractivity contribution in [2.45, 2.75) is 52.1 Å². The molecular formula is C12H24N2O3. The second-order valence-electron chi connectivity index (χ2n) is 4.47. The summed E-state index contributed by atoms with van der Waals surface area (Å²) in [5.74, 6) is -0.621. The number of methoxy groups -OCH3 is 1. The highest BCUT2D eigenvalue weighted by Gasteiger charge is 2.35. The van der Waals surface area contributed by atoms with Gasteiger partial charge in [-0.3, -0.25) is 9.59 Å². The van der Waals surface area contributed by atoms with Gasteiger partial charge in [-0.1, -0.05) is 13.8 Å². The van der Waals surface area contributed by atoms with Crippen LogP contribution < -0.4 is 5.73 Å². The maximum absolute atomic E-state index is 12.3. The van der Waals surface area contributed by atoms with Crippen LogP contribution in [0.25, 0.3) is 0 Å². The summed E-state index contributed by atoms with van der Waals surface area (Å²) in [4.78, 5) is 25.1. The molecule has 0 unspecified atom stereocenters. The lowest BCUT2D eigenvalue weighted by atomic mass is 9.92. The van der Waals surface area contributed by atoms with Crippen molar-refractivity contribution in [3.63, 3.8) is 0 Å². The number of esters is 1. The van der Waals surface area contributed by atoms with E-state index >= 15 is 0 Å². The van der Waals surface area contributed by atoms with E-state index in [0.717, 1.165) is 0 Å². The molecule has 100 valence electrons. The van der Waals surface area contributed by atoms with Gasteiger partial charge in [-0.05, 0) is 26.7 Å². The van der Waals surface area contributed by atoms with Crippen LogP contribution in [0.4, 0.5) is 0 Å². The van der Waals surface area contributed by atoms with Gasteiger partial charge in [0.2, 0.25) is 5.91 Å². The van der Waals surface area contributed by atoms with Crippen molar-refractivity contribution in [3.8, 4) is 0 Å². The van der Waals surface area contributed by atoms with E-state index in [-0.39, 0.29) is 18.5 Å². The molecule has 0 spiro atoms. The molecule has 0 rings (SSSR count). The van der Waals surface area contributed by atoms with E-state index in [9.17, 15) is 9.59 Å². The minimum Gasteiger partial charge on any atom is -0.468 e. The van der Waals surface area contributed by atoms with Crippen LogP contribution in [0.15, 0.2) is 0 Å². The third-order valence-electron chi connectivity index (χ3n) is 3.10. The van der Waals surface area contributed by atoms with Crippen LogP contribution >= 0.6 is 0 Å². The highest BCUT2D eigenvalue weighted by Crippen LogP contribution is 2.17. The van der Waals surface area contributed by atoms with Crippen LogP contribution in [0.2, 0.25) is 0 Å². The molecule has 0 saturated heterocycles. The molecule has 0 radical (unpaired) electrons. The van der Waals surface area contributed by atoms with E-state index in [4.69, 9.17) is 5.73 Å². The maximum atomic E-state index is 12.3. The Hall–Kier alpha value is -1.10. The first kappa shape index (κ1) is 15.9. The van der Waals surface area contributed by atoms with E-state index < -0.39 is 11.5 Å². The van der Waals surface area contributed by atoms with Crippen molar-refractivity contribution < 1.29 is 14.3 Å². The Bertz CT molecular complexity index is 273. The zero-order chi connectivity index (χ0) is 13.6. The second-order valence-corrected chi connectivity index (χ2v) is 4.47. The molecule has 0 aliphatic carbocycles. The Morgan fingerprint density at radius 1 is 1.29 bits per heavy atom. The van der Waals surface area contributed by atoms with Gasteiger partial charge in [0.1, 0.15) is 6.54 Å². The molecule has 0 aromatic heterocycles. The zero-order valence-electron chi connectivity index (χ0n) is 11.4. The molecule has 1 amide bonds. The summed E-state index contributed by atoms with van der Waals surface area (Å²) in [6.45, 7) is 7.40. The number of carbonyl (C=O) groups excluding carboxylic acids is 2. The van der Waals surface area contributed by atoms with Gasteiger partial charge in [-0.2, -0.15) is 0 Å². The summed E-state index contributed by atoms with van der Waals surface area (Å²) in [6.07, 6.45) is 1.10. The smallest absolute Gasteiger partial charge is 0.325 e. The average Bonchev–Trinajstić information content (AvgIpc) is 2.33. The lowest BCUT2D eigenvalue weighted by molar-refractivity contribution is -0.150. The molecule has 0 aromatic rings. The highest BCUT2D eigenvalue weighted by atomic mass is 16.5. The van der Waals surface area contributed by atoms with Crippen LogP contribution in [0.5, 0.6) is 0 Å². The standard InChI is InChI=1S/C12H24N2O3/c1-6-12(13,7-2)11(16)14(9(3)4)8-10(15)17-5/h9H,6-8,13H2,1-5H3. The Kier molecular flexibility index (Phi) is 6.16. The Morgan fingerprint density at radius 2 is 1.76 bits per heavy atom. The Labute approximate surface area is 103 Å².